The molecule has 2 aromatic carbocycles. The van der Waals surface area contributed by atoms with Crippen molar-refractivity contribution in [1.29, 1.82) is 0 Å². The summed E-state index contributed by atoms with van der Waals surface area (Å²) < 4.78 is 3.68. The van der Waals surface area contributed by atoms with Crippen LogP contribution in [0, 0.1) is 0 Å². The predicted molar refractivity (Wildman–Crippen MR) is 77.0 cm³/mol. The maximum Gasteiger partial charge on any atom is 0.380 e. The highest BCUT2D eigenvalue weighted by Crippen LogP contribution is 2.14. The fourth-order valence-electron chi connectivity index (χ4n) is 2.10. The van der Waals surface area contributed by atoms with Crippen molar-refractivity contribution in [3.05, 3.63) is 60.2 Å². The highest BCUT2D eigenvalue weighted by molar-refractivity contribution is 5.81. The van der Waals surface area contributed by atoms with Crippen molar-refractivity contribution in [3.8, 4) is 0 Å². The third kappa shape index (κ3) is 1.97. The van der Waals surface area contributed by atoms with Gasteiger partial charge in [-0.25, -0.2) is 4.57 Å². The molecule has 4 nitrogen and oxygen atoms in total. The van der Waals surface area contributed by atoms with Crippen LogP contribution in [0.1, 0.15) is 5.56 Å². The molecule has 19 heavy (non-hydrogen) atoms. The van der Waals surface area contributed by atoms with Crippen LogP contribution in [0.4, 0.5) is 5.95 Å². The molecule has 1 aromatic heterocycles. The van der Waals surface area contributed by atoms with E-state index in [1.807, 2.05) is 72.4 Å². The number of imidazole rings is 1. The number of hydrogen-bond acceptors (Lipinski definition) is 2. The Balaban J connectivity index is 2.11. The Morgan fingerprint density at radius 3 is 2.53 bits per heavy atom. The summed E-state index contributed by atoms with van der Waals surface area (Å²) >= 11 is 0. The molecule has 2 N–H and O–H groups in total. The number of nitrogens with zero attached hydrogens (tertiary/aromatic N) is 3. The van der Waals surface area contributed by atoms with Crippen molar-refractivity contribution in [2.75, 3.05) is 5.73 Å². The number of para-hydroxylation sites is 2. The van der Waals surface area contributed by atoms with Crippen LogP contribution < -0.4 is 10.3 Å². The average Bonchev–Trinajstić information content (AvgIpc) is 2.71. The summed E-state index contributed by atoms with van der Waals surface area (Å²) in [5.41, 5.74) is 9.19. The first-order valence-electron chi connectivity index (χ1n) is 6.12. The largest absolute Gasteiger partial charge is 0.380 e. The molecule has 0 aliphatic heterocycles. The molecule has 0 fully saturated rings. The van der Waals surface area contributed by atoms with E-state index in [2.05, 4.69) is 5.10 Å². The lowest BCUT2D eigenvalue weighted by atomic mass is 10.2. The highest BCUT2D eigenvalue weighted by Gasteiger charge is 2.16. The van der Waals surface area contributed by atoms with Gasteiger partial charge in [0.2, 0.25) is 0 Å². The summed E-state index contributed by atoms with van der Waals surface area (Å²) in [5.74, 6) is 0.605. The van der Waals surface area contributed by atoms with E-state index < -0.39 is 0 Å². The zero-order chi connectivity index (χ0) is 13.2. The first-order valence-corrected chi connectivity index (χ1v) is 6.12. The van der Waals surface area contributed by atoms with E-state index in [4.69, 9.17) is 5.73 Å². The molecule has 0 atom stereocenters. The minimum absolute atomic E-state index is 0.605. The smallest absolute Gasteiger partial charge is 0.288 e. The van der Waals surface area contributed by atoms with Gasteiger partial charge in [0.15, 0.2) is 5.52 Å². The molecule has 0 aliphatic rings. The number of nitrogen functional groups attached to an aromatic ring is 1. The molecule has 4 heteroatoms. The van der Waals surface area contributed by atoms with E-state index in [0.717, 1.165) is 16.6 Å². The van der Waals surface area contributed by atoms with Gasteiger partial charge in [-0.3, -0.25) is 5.73 Å². The molecule has 0 amide bonds. The molecule has 0 aliphatic carbocycles. The van der Waals surface area contributed by atoms with Crippen molar-refractivity contribution in [2.45, 2.75) is 0 Å². The van der Waals surface area contributed by atoms with Crippen molar-refractivity contribution in [3.63, 3.8) is 0 Å². The molecule has 1 heterocycles. The van der Waals surface area contributed by atoms with Crippen LogP contribution >= 0.6 is 0 Å². The van der Waals surface area contributed by atoms with Crippen LogP contribution in [0.3, 0.4) is 0 Å². The summed E-state index contributed by atoms with van der Waals surface area (Å²) in [7, 11) is 1.94. The maximum atomic E-state index is 6.09. The number of anilines is 1. The summed E-state index contributed by atoms with van der Waals surface area (Å²) in [4.78, 5) is 0. The summed E-state index contributed by atoms with van der Waals surface area (Å²) in [6.45, 7) is 0. The normalized spacial score (nSPS) is 11.4. The Morgan fingerprint density at radius 2 is 1.74 bits per heavy atom. The fourth-order valence-corrected chi connectivity index (χ4v) is 2.10. The predicted octanol–water partition coefficient (Wildman–Crippen LogP) is 1.93. The lowest BCUT2D eigenvalue weighted by molar-refractivity contribution is -0.630. The van der Waals surface area contributed by atoms with Crippen LogP contribution in [0.25, 0.3) is 11.0 Å². The van der Waals surface area contributed by atoms with E-state index in [1.165, 1.54) is 0 Å². The van der Waals surface area contributed by atoms with Crippen LogP contribution in [-0.2, 0) is 7.05 Å². The van der Waals surface area contributed by atoms with Crippen molar-refractivity contribution < 1.29 is 4.57 Å². The Morgan fingerprint density at radius 1 is 1.05 bits per heavy atom. The Labute approximate surface area is 111 Å². The zero-order valence-electron chi connectivity index (χ0n) is 10.7. The van der Waals surface area contributed by atoms with Crippen LogP contribution in [0.5, 0.6) is 0 Å². The van der Waals surface area contributed by atoms with Gasteiger partial charge >= 0.3 is 5.95 Å². The average molecular weight is 251 g/mol. The van der Waals surface area contributed by atoms with Crippen LogP contribution in [0.15, 0.2) is 59.7 Å². The zero-order valence-corrected chi connectivity index (χ0v) is 10.7. The van der Waals surface area contributed by atoms with Crippen LogP contribution in [0.2, 0.25) is 0 Å². The van der Waals surface area contributed by atoms with Gasteiger partial charge in [0.05, 0.1) is 13.3 Å². The van der Waals surface area contributed by atoms with Crippen molar-refractivity contribution in [1.82, 2.24) is 4.68 Å². The van der Waals surface area contributed by atoms with Gasteiger partial charge in [0, 0.05) is 0 Å². The van der Waals surface area contributed by atoms with Crippen molar-refractivity contribution >= 4 is 23.2 Å². The van der Waals surface area contributed by atoms with Crippen LogP contribution in [-0.4, -0.2) is 10.9 Å². The molecular formula is C15H15N4+. The molecule has 3 rings (SSSR count). The number of nitrogens with two attached hydrogens (primary N) is 1. The Kier molecular flexibility index (Phi) is 2.76. The van der Waals surface area contributed by atoms with Crippen molar-refractivity contribution in [2.24, 2.45) is 12.1 Å². The van der Waals surface area contributed by atoms with E-state index >= 15 is 0 Å². The molecule has 0 saturated carbocycles. The van der Waals surface area contributed by atoms with Gasteiger partial charge < -0.3 is 0 Å². The fraction of sp³-hybridized carbons (Fsp3) is 0.0667. The van der Waals surface area contributed by atoms with E-state index in [9.17, 15) is 0 Å². The Hall–Kier alpha value is -2.62. The van der Waals surface area contributed by atoms with Gasteiger partial charge in [-0.05, 0) is 17.7 Å². The van der Waals surface area contributed by atoms with Gasteiger partial charge in [0.1, 0.15) is 5.52 Å². The first-order chi connectivity index (χ1) is 9.27. The molecular weight excluding hydrogens is 236 g/mol. The third-order valence-electron chi connectivity index (χ3n) is 3.15. The Bertz CT molecular complexity index is 741. The maximum absolute atomic E-state index is 6.09. The second kappa shape index (κ2) is 4.57. The monoisotopic (exact) mass is 251 g/mol. The number of benzene rings is 2. The number of aromatic nitrogens is 2. The molecule has 3 aromatic rings. The number of rotatable bonds is 2. The number of hydrogen-bond donors (Lipinski definition) is 1. The molecule has 0 unspecified atom stereocenters. The summed E-state index contributed by atoms with van der Waals surface area (Å²) in [6.07, 6.45) is 1.81. The topological polar surface area (TPSA) is 47.2 Å². The molecule has 94 valence electrons. The molecule has 0 spiro atoms. The van der Waals surface area contributed by atoms with Gasteiger partial charge in [-0.1, -0.05) is 42.5 Å². The van der Waals surface area contributed by atoms with Gasteiger partial charge in [0.25, 0.3) is 0 Å². The first kappa shape index (κ1) is 11.5. The second-order valence-corrected chi connectivity index (χ2v) is 4.37. The van der Waals surface area contributed by atoms with Gasteiger partial charge in [-0.15, -0.1) is 9.78 Å². The molecule has 0 saturated heterocycles. The van der Waals surface area contributed by atoms with Gasteiger partial charge in [-0.2, -0.15) is 0 Å². The van der Waals surface area contributed by atoms with E-state index in [0.29, 0.717) is 5.95 Å². The summed E-state index contributed by atoms with van der Waals surface area (Å²) in [6, 6.07) is 18.0. The second-order valence-electron chi connectivity index (χ2n) is 4.37. The third-order valence-corrected chi connectivity index (χ3v) is 3.15. The standard InChI is InChI=1S/C15H14N4/c1-18-13-9-5-6-10-14(13)19(15(18)16)17-11-12-7-3-2-4-8-12/h2-11,16H,1H3/p+1. The van der Waals surface area contributed by atoms with E-state index in [1.54, 1.807) is 4.68 Å². The number of aryl methyl sites for hydroxylation is 1. The highest BCUT2D eigenvalue weighted by atomic mass is 15.4. The minimum atomic E-state index is 0.605. The van der Waals surface area contributed by atoms with E-state index in [-0.39, 0.29) is 0 Å². The molecule has 0 radical (unpaired) electrons. The number of fused-ring (bicyclic) bond motifs is 1. The quantitative estimate of drug-likeness (QED) is 0.549. The SMILES string of the molecule is C[n+]1c(N)n(N=Cc2ccccc2)c2ccccc21. The minimum Gasteiger partial charge on any atom is -0.288 e. The lowest BCUT2D eigenvalue weighted by Gasteiger charge is -1.92. The lowest BCUT2D eigenvalue weighted by Crippen LogP contribution is -2.31. The molecule has 0 bridgehead atoms. The summed E-state index contributed by atoms with van der Waals surface area (Å²) in [5, 5.41) is 4.47.